The zero-order chi connectivity index (χ0) is 20.7. The summed E-state index contributed by atoms with van der Waals surface area (Å²) in [5.41, 5.74) is 2.76. The summed E-state index contributed by atoms with van der Waals surface area (Å²) in [6.07, 6.45) is 9.83. The average molecular weight is 422 g/mol. The first-order valence-corrected chi connectivity index (χ1v) is 10.8. The molecule has 4 aromatic rings. The third-order valence-corrected chi connectivity index (χ3v) is 6.01. The number of nitrogens with one attached hydrogen (secondary N) is 2. The molecule has 30 heavy (non-hydrogen) atoms. The first kappa shape index (κ1) is 18.9. The average Bonchev–Trinajstić information content (AvgIpc) is 3.29. The molecule has 1 saturated carbocycles. The Bertz CT molecular complexity index is 1190. The molecule has 1 aliphatic carbocycles. The van der Waals surface area contributed by atoms with Crippen molar-refractivity contribution < 1.29 is 0 Å². The highest BCUT2D eigenvalue weighted by atomic mass is 32.2. The number of fused-ring (bicyclic) bond motifs is 1. The number of aromatic nitrogens is 7. The Balaban J connectivity index is 1.41. The van der Waals surface area contributed by atoms with Crippen molar-refractivity contribution in [3.8, 4) is 11.4 Å². The predicted octanol–water partition coefficient (Wildman–Crippen LogP) is 4.11. The second-order valence-electron chi connectivity index (χ2n) is 7.53. The van der Waals surface area contributed by atoms with E-state index in [0.29, 0.717) is 22.7 Å². The minimum atomic E-state index is 0.267. The molecule has 154 valence electrons. The maximum absolute atomic E-state index is 4.65. The molecule has 0 atom stereocenters. The zero-order valence-corrected chi connectivity index (χ0v) is 17.9. The minimum absolute atomic E-state index is 0.267. The van der Waals surface area contributed by atoms with E-state index in [1.807, 2.05) is 29.5 Å². The SMILES string of the molecule is CNc1nc2cnc(Nc3ccnc(-c4cnn(SC5CC5)c4)n3)cc2n1C(C)C. The molecule has 2 N–H and O–H groups in total. The topological polar surface area (TPSA) is 98.4 Å². The Morgan fingerprint density at radius 2 is 2.00 bits per heavy atom. The van der Waals surface area contributed by atoms with E-state index in [2.05, 4.69) is 54.1 Å². The molecule has 0 bridgehead atoms. The maximum atomic E-state index is 4.65. The fraction of sp³-hybridized carbons (Fsp3) is 0.350. The molecule has 0 amide bonds. The van der Waals surface area contributed by atoms with Gasteiger partial charge in [-0.3, -0.25) is 0 Å². The van der Waals surface area contributed by atoms with Crippen LogP contribution in [0.15, 0.2) is 36.9 Å². The van der Waals surface area contributed by atoms with Crippen LogP contribution in [0.3, 0.4) is 0 Å². The third-order valence-electron chi connectivity index (χ3n) is 4.83. The first-order chi connectivity index (χ1) is 14.6. The van der Waals surface area contributed by atoms with Crippen molar-refractivity contribution in [1.29, 1.82) is 0 Å². The van der Waals surface area contributed by atoms with E-state index in [4.69, 9.17) is 0 Å². The lowest BCUT2D eigenvalue weighted by atomic mass is 10.3. The van der Waals surface area contributed by atoms with Gasteiger partial charge < -0.3 is 15.2 Å². The minimum Gasteiger partial charge on any atom is -0.359 e. The summed E-state index contributed by atoms with van der Waals surface area (Å²) in [5.74, 6) is 2.84. The highest BCUT2D eigenvalue weighted by Gasteiger charge is 2.23. The molecular formula is C20H23N9S. The summed E-state index contributed by atoms with van der Waals surface area (Å²) in [4.78, 5) is 18.2. The summed E-state index contributed by atoms with van der Waals surface area (Å²) < 4.78 is 4.05. The standard InChI is InChI=1S/C20H23N9S/c1-12(2)29-16-8-18(23-10-15(16)25-20(29)21-3)26-17-6-7-22-19(27-17)13-9-24-28(11-13)30-14-4-5-14/h6-12,14H,4-5H2,1-3H3,(H,21,25)(H,22,23,26,27). The Morgan fingerprint density at radius 1 is 1.13 bits per heavy atom. The number of imidazole rings is 1. The highest BCUT2D eigenvalue weighted by Crippen LogP contribution is 2.35. The smallest absolute Gasteiger partial charge is 0.203 e. The number of pyridine rings is 1. The molecule has 4 aromatic heterocycles. The van der Waals surface area contributed by atoms with E-state index < -0.39 is 0 Å². The predicted molar refractivity (Wildman–Crippen MR) is 120 cm³/mol. The van der Waals surface area contributed by atoms with Crippen molar-refractivity contribution in [2.45, 2.75) is 38.0 Å². The second-order valence-corrected chi connectivity index (χ2v) is 8.79. The Morgan fingerprint density at radius 3 is 2.77 bits per heavy atom. The molecule has 0 saturated heterocycles. The maximum Gasteiger partial charge on any atom is 0.203 e. The quantitative estimate of drug-likeness (QED) is 0.460. The Hall–Kier alpha value is -3.14. The van der Waals surface area contributed by atoms with Gasteiger partial charge in [-0.2, -0.15) is 5.10 Å². The largest absolute Gasteiger partial charge is 0.359 e. The Labute approximate surface area is 178 Å². The third kappa shape index (κ3) is 3.70. The lowest BCUT2D eigenvalue weighted by Gasteiger charge is -2.12. The van der Waals surface area contributed by atoms with Crippen molar-refractivity contribution in [2.24, 2.45) is 0 Å². The van der Waals surface area contributed by atoms with Crippen molar-refractivity contribution in [3.05, 3.63) is 36.9 Å². The van der Waals surface area contributed by atoms with Gasteiger partial charge in [0.15, 0.2) is 5.82 Å². The number of hydrogen-bond acceptors (Lipinski definition) is 8. The molecule has 0 aromatic carbocycles. The number of hydrogen-bond donors (Lipinski definition) is 2. The zero-order valence-electron chi connectivity index (χ0n) is 17.1. The van der Waals surface area contributed by atoms with Crippen LogP contribution in [-0.4, -0.2) is 46.0 Å². The van der Waals surface area contributed by atoms with E-state index in [1.165, 1.54) is 12.8 Å². The number of rotatable bonds is 7. The molecule has 9 nitrogen and oxygen atoms in total. The summed E-state index contributed by atoms with van der Waals surface area (Å²) in [6.45, 7) is 4.27. The van der Waals surface area contributed by atoms with Crippen LogP contribution in [0.1, 0.15) is 32.7 Å². The monoisotopic (exact) mass is 421 g/mol. The molecule has 4 heterocycles. The van der Waals surface area contributed by atoms with Gasteiger partial charge in [0.2, 0.25) is 5.95 Å². The van der Waals surface area contributed by atoms with E-state index >= 15 is 0 Å². The van der Waals surface area contributed by atoms with Crippen LogP contribution in [0.5, 0.6) is 0 Å². The summed E-state index contributed by atoms with van der Waals surface area (Å²) in [7, 11) is 1.88. The van der Waals surface area contributed by atoms with Crippen LogP contribution in [0, 0.1) is 0 Å². The van der Waals surface area contributed by atoms with Gasteiger partial charge in [0, 0.05) is 36.8 Å². The van der Waals surface area contributed by atoms with Gasteiger partial charge in [-0.05, 0) is 44.7 Å². The molecule has 1 aliphatic rings. The van der Waals surface area contributed by atoms with Crippen molar-refractivity contribution in [3.63, 3.8) is 0 Å². The fourth-order valence-electron chi connectivity index (χ4n) is 3.27. The second kappa shape index (κ2) is 7.60. The lowest BCUT2D eigenvalue weighted by Crippen LogP contribution is -2.06. The first-order valence-electron chi connectivity index (χ1n) is 9.98. The molecule has 0 radical (unpaired) electrons. The van der Waals surface area contributed by atoms with Crippen molar-refractivity contribution in [1.82, 2.24) is 33.7 Å². The van der Waals surface area contributed by atoms with Crippen LogP contribution in [0.25, 0.3) is 22.4 Å². The Kier molecular flexibility index (Phi) is 4.78. The number of nitrogens with zero attached hydrogens (tertiary/aromatic N) is 7. The van der Waals surface area contributed by atoms with Crippen molar-refractivity contribution in [2.75, 3.05) is 17.7 Å². The summed E-state index contributed by atoms with van der Waals surface area (Å²) in [6, 6.07) is 4.09. The molecule has 10 heteroatoms. The fourth-order valence-corrected chi connectivity index (χ4v) is 4.20. The van der Waals surface area contributed by atoms with Crippen LogP contribution < -0.4 is 10.6 Å². The van der Waals surface area contributed by atoms with Crippen LogP contribution in [-0.2, 0) is 0 Å². The highest BCUT2D eigenvalue weighted by molar-refractivity contribution is 7.98. The van der Waals surface area contributed by atoms with Gasteiger partial charge in [0.1, 0.15) is 17.2 Å². The van der Waals surface area contributed by atoms with Gasteiger partial charge in [-0.1, -0.05) is 0 Å². The van der Waals surface area contributed by atoms with Crippen LogP contribution >= 0.6 is 11.9 Å². The summed E-state index contributed by atoms with van der Waals surface area (Å²) >= 11 is 1.75. The number of anilines is 3. The molecular weight excluding hydrogens is 398 g/mol. The molecule has 1 fully saturated rings. The van der Waals surface area contributed by atoms with Gasteiger partial charge in [-0.25, -0.2) is 24.0 Å². The molecule has 5 rings (SSSR count). The summed E-state index contributed by atoms with van der Waals surface area (Å²) in [5, 5.41) is 11.5. The van der Waals surface area contributed by atoms with E-state index in [0.717, 1.165) is 22.5 Å². The van der Waals surface area contributed by atoms with E-state index in [1.54, 1.807) is 30.5 Å². The lowest BCUT2D eigenvalue weighted by molar-refractivity contribution is 0.624. The van der Waals surface area contributed by atoms with Crippen LogP contribution in [0.2, 0.25) is 0 Å². The normalized spacial score (nSPS) is 13.9. The van der Waals surface area contributed by atoms with Gasteiger partial charge in [-0.15, -0.1) is 0 Å². The van der Waals surface area contributed by atoms with Gasteiger partial charge >= 0.3 is 0 Å². The van der Waals surface area contributed by atoms with Crippen molar-refractivity contribution >= 4 is 40.6 Å². The van der Waals surface area contributed by atoms with E-state index in [9.17, 15) is 0 Å². The van der Waals surface area contributed by atoms with E-state index in [-0.39, 0.29) is 6.04 Å². The molecule has 0 spiro atoms. The van der Waals surface area contributed by atoms with Gasteiger partial charge in [0.25, 0.3) is 0 Å². The molecule has 0 aliphatic heterocycles. The van der Waals surface area contributed by atoms with Gasteiger partial charge in [0.05, 0.1) is 23.5 Å². The van der Waals surface area contributed by atoms with Crippen LogP contribution in [0.4, 0.5) is 17.6 Å². The molecule has 0 unspecified atom stereocenters.